The van der Waals surface area contributed by atoms with Gasteiger partial charge in [0, 0.05) is 39.1 Å². The van der Waals surface area contributed by atoms with E-state index in [9.17, 15) is 9.59 Å². The van der Waals surface area contributed by atoms with E-state index in [1.54, 1.807) is 22.7 Å². The van der Waals surface area contributed by atoms with Gasteiger partial charge in [-0.15, -0.1) is 22.7 Å². The first-order valence-electron chi connectivity index (χ1n) is 10.6. The van der Waals surface area contributed by atoms with Gasteiger partial charge in [0.1, 0.15) is 6.61 Å². The van der Waals surface area contributed by atoms with E-state index in [1.165, 1.54) is 4.88 Å². The maximum atomic E-state index is 13.4. The summed E-state index contributed by atoms with van der Waals surface area (Å²) in [6.07, 6.45) is 1.24. The molecule has 2 atom stereocenters. The zero-order valence-corrected chi connectivity index (χ0v) is 19.3. The van der Waals surface area contributed by atoms with Crippen molar-refractivity contribution in [3.63, 3.8) is 0 Å². The second kappa shape index (κ2) is 8.88. The number of nitrogens with one attached hydrogen (secondary N) is 1. The molecule has 4 nitrogen and oxygen atoms in total. The molecule has 1 aliphatic heterocycles. The average Bonchev–Trinajstić information content (AvgIpc) is 3.51. The number of allylic oxidation sites excluding steroid dienone is 3. The molecule has 1 aliphatic carbocycles. The largest absolute Gasteiger partial charge is 0.457 e. The number of hydrogen-bond donors (Lipinski definition) is 1. The summed E-state index contributed by atoms with van der Waals surface area (Å²) in [4.78, 5) is 28.9. The van der Waals surface area contributed by atoms with Crippen LogP contribution in [-0.2, 0) is 20.9 Å². The van der Waals surface area contributed by atoms with Crippen LogP contribution in [0.2, 0.25) is 0 Å². The van der Waals surface area contributed by atoms with E-state index in [2.05, 4.69) is 16.8 Å². The fourth-order valence-electron chi connectivity index (χ4n) is 4.58. The number of ketones is 1. The first-order valence-corrected chi connectivity index (χ1v) is 12.4. The molecule has 0 radical (unpaired) electrons. The number of ether oxygens (including phenoxy) is 1. The smallest absolute Gasteiger partial charge is 0.337 e. The van der Waals surface area contributed by atoms with Crippen LogP contribution < -0.4 is 5.32 Å². The van der Waals surface area contributed by atoms with Crippen LogP contribution in [0.25, 0.3) is 0 Å². The Kier molecular flexibility index (Phi) is 5.81. The molecule has 0 fully saturated rings. The number of benzene rings is 1. The Morgan fingerprint density at radius 1 is 1.00 bits per heavy atom. The molecule has 3 heterocycles. The summed E-state index contributed by atoms with van der Waals surface area (Å²) in [5, 5.41) is 7.45. The third kappa shape index (κ3) is 3.96. The first-order chi connectivity index (χ1) is 15.6. The molecular weight excluding hydrogens is 438 g/mol. The van der Waals surface area contributed by atoms with Crippen molar-refractivity contribution >= 4 is 34.4 Å². The summed E-state index contributed by atoms with van der Waals surface area (Å²) in [7, 11) is 0. The Balaban J connectivity index is 1.48. The fraction of sp³-hybridized carbons (Fsp3) is 0.231. The standard InChI is InChI=1S/C26H23NO3S2/c1-16-23(26(29)30-15-17-7-3-2-4-8-17)25(22-10-6-12-32-22)24-19(27-16)13-18(14-20(24)28)21-9-5-11-31-21/h2-12,18,25,27H,13-15H2,1H3/t18-,25-/m0/s1. The second-order valence-corrected chi connectivity index (χ2v) is 10.1. The summed E-state index contributed by atoms with van der Waals surface area (Å²) >= 11 is 3.26. The lowest BCUT2D eigenvalue weighted by Gasteiger charge is -2.35. The van der Waals surface area contributed by atoms with Crippen molar-refractivity contribution in [2.45, 2.75) is 38.2 Å². The lowest BCUT2D eigenvalue weighted by atomic mass is 9.74. The maximum Gasteiger partial charge on any atom is 0.337 e. The summed E-state index contributed by atoms with van der Waals surface area (Å²) < 4.78 is 5.70. The van der Waals surface area contributed by atoms with Crippen molar-refractivity contribution in [3.8, 4) is 0 Å². The molecule has 0 amide bonds. The topological polar surface area (TPSA) is 55.4 Å². The molecule has 1 N–H and O–H groups in total. The van der Waals surface area contributed by atoms with Crippen LogP contribution in [0.4, 0.5) is 0 Å². The van der Waals surface area contributed by atoms with Crippen LogP contribution >= 0.6 is 22.7 Å². The molecule has 1 aromatic carbocycles. The minimum absolute atomic E-state index is 0.108. The zero-order chi connectivity index (χ0) is 22.1. The minimum Gasteiger partial charge on any atom is -0.457 e. The number of carbonyl (C=O) groups is 2. The Morgan fingerprint density at radius 3 is 2.41 bits per heavy atom. The van der Waals surface area contributed by atoms with Gasteiger partial charge in [0.2, 0.25) is 0 Å². The van der Waals surface area contributed by atoms with Crippen molar-refractivity contribution in [1.82, 2.24) is 5.32 Å². The highest BCUT2D eigenvalue weighted by atomic mass is 32.1. The lowest BCUT2D eigenvalue weighted by Crippen LogP contribution is -2.35. The average molecular weight is 462 g/mol. The van der Waals surface area contributed by atoms with Gasteiger partial charge >= 0.3 is 5.97 Å². The quantitative estimate of drug-likeness (QED) is 0.480. The third-order valence-corrected chi connectivity index (χ3v) is 8.01. The van der Waals surface area contributed by atoms with Crippen LogP contribution in [0, 0.1) is 0 Å². The van der Waals surface area contributed by atoms with Gasteiger partial charge in [-0.3, -0.25) is 4.79 Å². The van der Waals surface area contributed by atoms with Gasteiger partial charge in [0.25, 0.3) is 0 Å². The van der Waals surface area contributed by atoms with Gasteiger partial charge in [-0.05, 0) is 41.8 Å². The Labute approximate surface area is 195 Å². The molecule has 3 aromatic rings. The van der Waals surface area contributed by atoms with E-state index in [4.69, 9.17) is 4.74 Å². The number of dihydropyridines is 1. The van der Waals surface area contributed by atoms with Crippen LogP contribution in [-0.4, -0.2) is 11.8 Å². The molecule has 6 heteroatoms. The third-order valence-electron chi connectivity index (χ3n) is 6.03. The molecule has 0 saturated carbocycles. The van der Waals surface area contributed by atoms with Gasteiger partial charge < -0.3 is 10.1 Å². The van der Waals surface area contributed by atoms with Gasteiger partial charge in [0.15, 0.2) is 5.78 Å². The predicted octanol–water partition coefficient (Wildman–Crippen LogP) is 5.91. The zero-order valence-electron chi connectivity index (χ0n) is 17.7. The summed E-state index contributed by atoms with van der Waals surface area (Å²) in [6.45, 7) is 2.11. The number of esters is 1. The van der Waals surface area contributed by atoms with Gasteiger partial charge in [-0.1, -0.05) is 42.5 Å². The normalized spacial score (nSPS) is 20.7. The molecule has 5 rings (SSSR count). The Morgan fingerprint density at radius 2 is 1.72 bits per heavy atom. The molecule has 2 aromatic heterocycles. The van der Waals surface area contributed by atoms with Crippen molar-refractivity contribution in [1.29, 1.82) is 0 Å². The Hall–Kier alpha value is -2.96. The van der Waals surface area contributed by atoms with Crippen LogP contribution in [0.5, 0.6) is 0 Å². The number of thiophene rings is 2. The first kappa shape index (κ1) is 20.9. The SMILES string of the molecule is CC1=C(C(=O)OCc2ccccc2)[C@H](c2cccs2)C2=C(C[C@H](c3cccs3)CC2=O)N1. The summed E-state index contributed by atoms with van der Waals surface area (Å²) in [6, 6.07) is 17.7. The van der Waals surface area contributed by atoms with Crippen LogP contribution in [0.1, 0.15) is 46.9 Å². The molecule has 0 bridgehead atoms. The van der Waals surface area contributed by atoms with Crippen molar-refractivity contribution < 1.29 is 14.3 Å². The summed E-state index contributed by atoms with van der Waals surface area (Å²) in [5.74, 6) is -0.475. The van der Waals surface area contributed by atoms with Crippen LogP contribution in [0.3, 0.4) is 0 Å². The lowest BCUT2D eigenvalue weighted by molar-refractivity contribution is -0.140. The molecule has 2 aliphatic rings. The molecule has 32 heavy (non-hydrogen) atoms. The molecule has 162 valence electrons. The number of carbonyl (C=O) groups excluding carboxylic acids is 2. The van der Waals surface area contributed by atoms with Gasteiger partial charge in [-0.2, -0.15) is 0 Å². The van der Waals surface area contributed by atoms with Crippen LogP contribution in [0.15, 0.2) is 87.9 Å². The highest BCUT2D eigenvalue weighted by Crippen LogP contribution is 2.47. The van der Waals surface area contributed by atoms with E-state index in [0.29, 0.717) is 12.0 Å². The van der Waals surface area contributed by atoms with E-state index in [0.717, 1.165) is 33.8 Å². The van der Waals surface area contributed by atoms with Crippen molar-refractivity contribution in [3.05, 3.63) is 103 Å². The monoisotopic (exact) mass is 461 g/mol. The van der Waals surface area contributed by atoms with E-state index in [-0.39, 0.29) is 30.2 Å². The fourth-order valence-corrected chi connectivity index (χ4v) is 6.25. The van der Waals surface area contributed by atoms with E-state index >= 15 is 0 Å². The molecular formula is C26H23NO3S2. The molecule has 0 saturated heterocycles. The number of Topliss-reactive ketones (excluding diaryl/α,β-unsaturated/α-hetero) is 1. The predicted molar refractivity (Wildman–Crippen MR) is 127 cm³/mol. The molecule has 0 spiro atoms. The highest BCUT2D eigenvalue weighted by Gasteiger charge is 2.42. The van der Waals surface area contributed by atoms with E-state index in [1.807, 2.05) is 60.8 Å². The molecule has 0 unspecified atom stereocenters. The number of hydrogen-bond acceptors (Lipinski definition) is 6. The second-order valence-electron chi connectivity index (χ2n) is 8.11. The van der Waals surface area contributed by atoms with Crippen molar-refractivity contribution in [2.24, 2.45) is 0 Å². The minimum atomic E-state index is -0.383. The number of rotatable bonds is 5. The van der Waals surface area contributed by atoms with E-state index < -0.39 is 0 Å². The summed E-state index contributed by atoms with van der Waals surface area (Å²) in [5.41, 5.74) is 3.89. The van der Waals surface area contributed by atoms with Gasteiger partial charge in [0.05, 0.1) is 11.5 Å². The van der Waals surface area contributed by atoms with Crippen molar-refractivity contribution in [2.75, 3.05) is 0 Å². The maximum absolute atomic E-state index is 13.4. The van der Waals surface area contributed by atoms with Gasteiger partial charge in [-0.25, -0.2) is 4.79 Å². The highest BCUT2D eigenvalue weighted by molar-refractivity contribution is 7.10. The Bertz CT molecular complexity index is 1190.